The molecular formula is C24H31N3O. The number of nitrogens with one attached hydrogen (secondary N) is 1. The molecule has 3 rings (SSSR count). The highest BCUT2D eigenvalue weighted by Gasteiger charge is 2.09. The van der Waals surface area contributed by atoms with Gasteiger partial charge in [0.2, 0.25) is 0 Å². The molecule has 2 aromatic carbocycles. The number of para-hydroxylation sites is 1. The lowest BCUT2D eigenvalue weighted by Crippen LogP contribution is -2.30. The van der Waals surface area contributed by atoms with Crippen LogP contribution in [-0.4, -0.2) is 34.5 Å². The summed E-state index contributed by atoms with van der Waals surface area (Å²) in [7, 11) is 0. The van der Waals surface area contributed by atoms with Gasteiger partial charge < -0.3 is 9.88 Å². The van der Waals surface area contributed by atoms with Gasteiger partial charge in [-0.3, -0.25) is 9.69 Å². The van der Waals surface area contributed by atoms with E-state index < -0.39 is 0 Å². The van der Waals surface area contributed by atoms with Gasteiger partial charge in [-0.25, -0.2) is 0 Å². The van der Waals surface area contributed by atoms with Crippen molar-refractivity contribution >= 4 is 16.8 Å². The summed E-state index contributed by atoms with van der Waals surface area (Å²) < 4.78 is 2.24. The number of carbonyl (C=O) groups is 1. The van der Waals surface area contributed by atoms with Gasteiger partial charge in [0.1, 0.15) is 0 Å². The Labute approximate surface area is 168 Å². The van der Waals surface area contributed by atoms with E-state index in [1.54, 1.807) is 0 Å². The summed E-state index contributed by atoms with van der Waals surface area (Å²) in [6.07, 6.45) is 3.02. The van der Waals surface area contributed by atoms with Gasteiger partial charge >= 0.3 is 0 Å². The molecule has 148 valence electrons. The first-order chi connectivity index (χ1) is 13.6. The first-order valence-corrected chi connectivity index (χ1v) is 10.2. The molecule has 0 aliphatic carbocycles. The Balaban J connectivity index is 1.47. The summed E-state index contributed by atoms with van der Waals surface area (Å²) in [6, 6.07) is 19.0. The first kappa shape index (κ1) is 20.2. The number of hydrogen-bond acceptors (Lipinski definition) is 2. The summed E-state index contributed by atoms with van der Waals surface area (Å²) in [5.41, 5.74) is 3.21. The minimum atomic E-state index is 0.000112. The average Bonchev–Trinajstić information content (AvgIpc) is 3.12. The number of fused-ring (bicyclic) bond motifs is 1. The standard InChI is InChI=1S/C24H31N3O/c1-4-26(19(2)3)18-20-10-12-22(13-11-20)24(28)25-15-7-16-27-17-14-21-8-5-6-9-23(21)27/h5-6,8-14,17,19H,4,7,15-16,18H2,1-3H3,(H,25,28). The number of hydrogen-bond donors (Lipinski definition) is 1. The Bertz CT molecular complexity index is 896. The Kier molecular flexibility index (Phi) is 6.88. The minimum Gasteiger partial charge on any atom is -0.352 e. The molecule has 0 bridgehead atoms. The maximum absolute atomic E-state index is 12.4. The van der Waals surface area contributed by atoms with Crippen LogP contribution in [0.1, 0.15) is 43.1 Å². The SMILES string of the molecule is CCN(Cc1ccc(C(=O)NCCCn2ccc3ccccc32)cc1)C(C)C. The van der Waals surface area contributed by atoms with Crippen molar-refractivity contribution in [2.75, 3.05) is 13.1 Å². The van der Waals surface area contributed by atoms with Crippen molar-refractivity contribution in [3.8, 4) is 0 Å². The zero-order valence-electron chi connectivity index (χ0n) is 17.2. The molecule has 1 heterocycles. The van der Waals surface area contributed by atoms with E-state index in [0.29, 0.717) is 12.6 Å². The molecule has 4 heteroatoms. The Morgan fingerprint density at radius 3 is 2.54 bits per heavy atom. The molecule has 0 aliphatic rings. The highest BCUT2D eigenvalue weighted by molar-refractivity contribution is 5.94. The number of aromatic nitrogens is 1. The normalized spacial score (nSPS) is 11.5. The maximum atomic E-state index is 12.4. The van der Waals surface area contributed by atoms with Crippen molar-refractivity contribution in [2.45, 2.75) is 46.3 Å². The largest absolute Gasteiger partial charge is 0.352 e. The van der Waals surface area contributed by atoms with E-state index in [9.17, 15) is 4.79 Å². The lowest BCUT2D eigenvalue weighted by Gasteiger charge is -2.24. The molecule has 0 atom stereocenters. The molecule has 0 spiro atoms. The monoisotopic (exact) mass is 377 g/mol. The van der Waals surface area contributed by atoms with E-state index in [4.69, 9.17) is 0 Å². The predicted molar refractivity (Wildman–Crippen MR) is 117 cm³/mol. The van der Waals surface area contributed by atoms with Gasteiger partial charge in [0.05, 0.1) is 0 Å². The second-order valence-corrected chi connectivity index (χ2v) is 7.53. The number of benzene rings is 2. The second kappa shape index (κ2) is 9.56. The third-order valence-electron chi connectivity index (χ3n) is 5.28. The van der Waals surface area contributed by atoms with Gasteiger partial charge in [0.15, 0.2) is 0 Å². The average molecular weight is 378 g/mol. The molecule has 0 saturated heterocycles. The quantitative estimate of drug-likeness (QED) is 0.549. The third-order valence-corrected chi connectivity index (χ3v) is 5.28. The van der Waals surface area contributed by atoms with E-state index >= 15 is 0 Å². The molecule has 0 unspecified atom stereocenters. The fourth-order valence-electron chi connectivity index (χ4n) is 3.54. The van der Waals surface area contributed by atoms with Crippen LogP contribution in [0.5, 0.6) is 0 Å². The smallest absolute Gasteiger partial charge is 0.251 e. The lowest BCUT2D eigenvalue weighted by molar-refractivity contribution is 0.0952. The van der Waals surface area contributed by atoms with Crippen molar-refractivity contribution < 1.29 is 4.79 Å². The molecule has 28 heavy (non-hydrogen) atoms. The Morgan fingerprint density at radius 1 is 1.07 bits per heavy atom. The summed E-state index contributed by atoms with van der Waals surface area (Å²) in [6.45, 7) is 10.1. The molecule has 4 nitrogen and oxygen atoms in total. The van der Waals surface area contributed by atoms with Crippen molar-refractivity contribution in [3.63, 3.8) is 0 Å². The van der Waals surface area contributed by atoms with Gasteiger partial charge in [-0.1, -0.05) is 37.3 Å². The molecular weight excluding hydrogens is 346 g/mol. The zero-order chi connectivity index (χ0) is 19.9. The van der Waals surface area contributed by atoms with E-state index in [2.05, 4.69) is 84.2 Å². The summed E-state index contributed by atoms with van der Waals surface area (Å²) in [5, 5.41) is 4.29. The molecule has 0 fully saturated rings. The highest BCUT2D eigenvalue weighted by atomic mass is 16.1. The third kappa shape index (κ3) is 5.02. The predicted octanol–water partition coefficient (Wildman–Crippen LogP) is 4.69. The van der Waals surface area contributed by atoms with Crippen LogP contribution in [0.2, 0.25) is 0 Å². The van der Waals surface area contributed by atoms with Crippen LogP contribution in [0.4, 0.5) is 0 Å². The van der Waals surface area contributed by atoms with Crippen molar-refractivity contribution in [1.82, 2.24) is 14.8 Å². The van der Waals surface area contributed by atoms with Crippen molar-refractivity contribution in [3.05, 3.63) is 71.9 Å². The molecule has 3 aromatic rings. The molecule has 0 aliphatic heterocycles. The highest BCUT2D eigenvalue weighted by Crippen LogP contribution is 2.15. The molecule has 0 saturated carbocycles. The van der Waals surface area contributed by atoms with Crippen LogP contribution in [-0.2, 0) is 13.1 Å². The van der Waals surface area contributed by atoms with E-state index in [-0.39, 0.29) is 5.91 Å². The number of aryl methyl sites for hydroxylation is 1. The van der Waals surface area contributed by atoms with Crippen LogP contribution in [0.15, 0.2) is 60.8 Å². The minimum absolute atomic E-state index is 0.000112. The molecule has 0 radical (unpaired) electrons. The molecule has 1 N–H and O–H groups in total. The van der Waals surface area contributed by atoms with E-state index in [1.807, 2.05) is 12.1 Å². The van der Waals surface area contributed by atoms with E-state index in [0.717, 1.165) is 31.6 Å². The topological polar surface area (TPSA) is 37.3 Å². The maximum Gasteiger partial charge on any atom is 0.251 e. The van der Waals surface area contributed by atoms with Gasteiger partial charge in [-0.15, -0.1) is 0 Å². The lowest BCUT2D eigenvalue weighted by atomic mass is 10.1. The summed E-state index contributed by atoms with van der Waals surface area (Å²) in [5.74, 6) is 0.000112. The number of amides is 1. The van der Waals surface area contributed by atoms with Crippen LogP contribution >= 0.6 is 0 Å². The number of rotatable bonds is 9. The van der Waals surface area contributed by atoms with Gasteiger partial charge in [0.25, 0.3) is 5.91 Å². The van der Waals surface area contributed by atoms with Gasteiger partial charge in [-0.2, -0.15) is 0 Å². The van der Waals surface area contributed by atoms with Crippen LogP contribution in [0.3, 0.4) is 0 Å². The summed E-state index contributed by atoms with van der Waals surface area (Å²) in [4.78, 5) is 14.8. The number of nitrogens with zero attached hydrogens (tertiary/aromatic N) is 2. The van der Waals surface area contributed by atoms with Crippen LogP contribution < -0.4 is 5.32 Å². The van der Waals surface area contributed by atoms with Gasteiger partial charge in [-0.05, 0) is 62.0 Å². The first-order valence-electron chi connectivity index (χ1n) is 10.2. The number of carbonyl (C=O) groups excluding carboxylic acids is 1. The fraction of sp³-hybridized carbons (Fsp3) is 0.375. The molecule has 1 amide bonds. The molecule has 1 aromatic heterocycles. The summed E-state index contributed by atoms with van der Waals surface area (Å²) >= 11 is 0. The van der Waals surface area contributed by atoms with Crippen LogP contribution in [0.25, 0.3) is 10.9 Å². The fourth-order valence-corrected chi connectivity index (χ4v) is 3.54. The Hall–Kier alpha value is -2.59. The van der Waals surface area contributed by atoms with Crippen molar-refractivity contribution in [1.29, 1.82) is 0 Å². The second-order valence-electron chi connectivity index (χ2n) is 7.53. The van der Waals surface area contributed by atoms with Gasteiger partial charge in [0, 0.05) is 43.0 Å². The Morgan fingerprint density at radius 2 is 1.82 bits per heavy atom. The zero-order valence-corrected chi connectivity index (χ0v) is 17.2. The van der Waals surface area contributed by atoms with Crippen LogP contribution in [0, 0.1) is 0 Å². The van der Waals surface area contributed by atoms with E-state index in [1.165, 1.54) is 16.5 Å². The van der Waals surface area contributed by atoms with Crippen molar-refractivity contribution in [2.24, 2.45) is 0 Å².